The van der Waals surface area contributed by atoms with Crippen LogP contribution in [0.1, 0.15) is 16.7 Å². The molecule has 1 aliphatic rings. The summed E-state index contributed by atoms with van der Waals surface area (Å²) in [5.41, 5.74) is 5.30. The van der Waals surface area contributed by atoms with E-state index in [9.17, 15) is 4.79 Å². The number of hydrogen-bond acceptors (Lipinski definition) is 5. The summed E-state index contributed by atoms with van der Waals surface area (Å²) < 4.78 is 17.2. The van der Waals surface area contributed by atoms with Crippen LogP contribution in [0.4, 0.5) is 0 Å². The number of carbonyl (C=O) groups excluding carboxylic acids is 1. The van der Waals surface area contributed by atoms with Crippen LogP contribution in [0.3, 0.4) is 0 Å². The Bertz CT molecular complexity index is 1070. The monoisotopic (exact) mass is 466 g/mol. The molecule has 0 aromatic heterocycles. The topological polar surface area (TPSA) is 69.2 Å². The van der Waals surface area contributed by atoms with Crippen LogP contribution in [0, 0.1) is 0 Å². The number of fused-ring (bicyclic) bond motifs is 1. The van der Waals surface area contributed by atoms with Gasteiger partial charge < -0.3 is 14.2 Å². The van der Waals surface area contributed by atoms with Gasteiger partial charge in [-0.1, -0.05) is 36.4 Å². The molecule has 6 nitrogen and oxygen atoms in total. The highest BCUT2D eigenvalue weighted by molar-refractivity contribution is 9.10. The third-order valence-electron chi connectivity index (χ3n) is 4.40. The second-order valence-corrected chi connectivity index (χ2v) is 7.48. The van der Waals surface area contributed by atoms with Gasteiger partial charge in [-0.15, -0.1) is 0 Å². The Morgan fingerprint density at radius 1 is 1.03 bits per heavy atom. The summed E-state index contributed by atoms with van der Waals surface area (Å²) >= 11 is 3.51. The zero-order valence-electron chi connectivity index (χ0n) is 16.0. The molecular weight excluding hydrogens is 448 g/mol. The molecule has 4 rings (SSSR count). The number of hydrazone groups is 1. The van der Waals surface area contributed by atoms with Crippen LogP contribution in [0.25, 0.3) is 0 Å². The highest BCUT2D eigenvalue weighted by atomic mass is 79.9. The average molecular weight is 467 g/mol. The van der Waals surface area contributed by atoms with Crippen molar-refractivity contribution in [1.29, 1.82) is 0 Å². The molecule has 3 aromatic carbocycles. The van der Waals surface area contributed by atoms with E-state index in [1.165, 1.54) is 0 Å². The van der Waals surface area contributed by atoms with Crippen molar-refractivity contribution in [2.45, 2.75) is 13.0 Å². The van der Waals surface area contributed by atoms with Gasteiger partial charge in [0, 0.05) is 0 Å². The molecule has 3 aromatic rings. The number of nitrogens with zero attached hydrogens (tertiary/aromatic N) is 1. The minimum absolute atomic E-state index is 0.198. The molecule has 30 heavy (non-hydrogen) atoms. The summed E-state index contributed by atoms with van der Waals surface area (Å²) in [7, 11) is 0. The minimum Gasteiger partial charge on any atom is -0.488 e. The number of carbonyl (C=O) groups is 1. The Hall–Kier alpha value is -3.32. The third kappa shape index (κ3) is 5.18. The quantitative estimate of drug-likeness (QED) is 0.412. The summed E-state index contributed by atoms with van der Waals surface area (Å²) in [4.78, 5) is 12.1. The van der Waals surface area contributed by atoms with Gasteiger partial charge in [-0.2, -0.15) is 5.10 Å². The molecule has 1 aliphatic heterocycles. The molecule has 0 atom stereocenters. The van der Waals surface area contributed by atoms with E-state index in [1.807, 2.05) is 54.6 Å². The Morgan fingerprint density at radius 3 is 2.70 bits per heavy atom. The minimum atomic E-state index is -0.216. The van der Waals surface area contributed by atoms with Crippen LogP contribution in [0.2, 0.25) is 0 Å². The molecular formula is C23H19BrN2O4. The maximum Gasteiger partial charge on any atom is 0.244 e. The van der Waals surface area contributed by atoms with Crippen molar-refractivity contribution in [2.75, 3.05) is 6.79 Å². The zero-order valence-corrected chi connectivity index (χ0v) is 17.6. The molecule has 0 bridgehead atoms. The third-order valence-corrected chi connectivity index (χ3v) is 5.02. The summed E-state index contributed by atoms with van der Waals surface area (Å²) in [6, 6.07) is 21.0. The van der Waals surface area contributed by atoms with Crippen molar-refractivity contribution in [3.05, 3.63) is 87.9 Å². The van der Waals surface area contributed by atoms with Crippen LogP contribution in [0.15, 0.2) is 76.3 Å². The standard InChI is InChI=1S/C23H19BrN2O4/c24-19-10-18(7-8-20(19)28-14-16-4-2-1-3-5-16)13-25-26-23(27)12-17-6-9-21-22(11-17)30-15-29-21/h1-11,13H,12,14-15H2,(H,26,27)/b25-13+. The normalized spacial score (nSPS) is 12.2. The Morgan fingerprint density at radius 2 is 1.87 bits per heavy atom. The number of benzene rings is 3. The maximum absolute atomic E-state index is 12.1. The molecule has 1 heterocycles. The molecule has 1 N–H and O–H groups in total. The summed E-state index contributed by atoms with van der Waals surface area (Å²) in [5, 5.41) is 4.03. The van der Waals surface area contributed by atoms with Crippen LogP contribution in [0.5, 0.6) is 17.2 Å². The van der Waals surface area contributed by atoms with Gasteiger partial charge >= 0.3 is 0 Å². The number of hydrogen-bond donors (Lipinski definition) is 1. The van der Waals surface area contributed by atoms with Crippen molar-refractivity contribution in [3.8, 4) is 17.2 Å². The average Bonchev–Trinajstić information content (AvgIpc) is 3.22. The Labute approximate surface area is 182 Å². The van der Waals surface area contributed by atoms with Gasteiger partial charge in [-0.05, 0) is 63.0 Å². The molecule has 0 unspecified atom stereocenters. The number of nitrogens with one attached hydrogen (secondary N) is 1. The lowest BCUT2D eigenvalue weighted by molar-refractivity contribution is -0.120. The van der Waals surface area contributed by atoms with Crippen molar-refractivity contribution in [1.82, 2.24) is 5.43 Å². The zero-order chi connectivity index (χ0) is 20.8. The highest BCUT2D eigenvalue weighted by Crippen LogP contribution is 2.32. The second-order valence-electron chi connectivity index (χ2n) is 6.62. The van der Waals surface area contributed by atoms with E-state index in [2.05, 4.69) is 26.5 Å². The van der Waals surface area contributed by atoms with Gasteiger partial charge in [0.25, 0.3) is 0 Å². The van der Waals surface area contributed by atoms with E-state index >= 15 is 0 Å². The molecule has 0 saturated heterocycles. The van der Waals surface area contributed by atoms with Crippen LogP contribution < -0.4 is 19.6 Å². The fourth-order valence-corrected chi connectivity index (χ4v) is 3.42. The van der Waals surface area contributed by atoms with E-state index in [1.54, 1.807) is 18.3 Å². The number of halogens is 1. The Balaban J connectivity index is 1.29. The van der Waals surface area contributed by atoms with Gasteiger partial charge in [0.15, 0.2) is 11.5 Å². The number of amides is 1. The van der Waals surface area contributed by atoms with Crippen LogP contribution >= 0.6 is 15.9 Å². The van der Waals surface area contributed by atoms with E-state index in [4.69, 9.17) is 14.2 Å². The number of ether oxygens (including phenoxy) is 3. The Kier molecular flexibility index (Phi) is 6.29. The lowest BCUT2D eigenvalue weighted by Gasteiger charge is -2.08. The van der Waals surface area contributed by atoms with Crippen molar-refractivity contribution < 1.29 is 19.0 Å². The van der Waals surface area contributed by atoms with E-state index in [0.717, 1.165) is 26.9 Å². The van der Waals surface area contributed by atoms with Crippen molar-refractivity contribution in [3.63, 3.8) is 0 Å². The van der Waals surface area contributed by atoms with E-state index in [0.29, 0.717) is 18.1 Å². The molecule has 1 amide bonds. The van der Waals surface area contributed by atoms with Gasteiger partial charge in [0.05, 0.1) is 17.1 Å². The second kappa shape index (κ2) is 9.45. The van der Waals surface area contributed by atoms with Gasteiger partial charge in [-0.3, -0.25) is 4.79 Å². The SMILES string of the molecule is O=C(Cc1ccc2c(c1)OCO2)N/N=C/c1ccc(OCc2ccccc2)c(Br)c1. The highest BCUT2D eigenvalue weighted by Gasteiger charge is 2.14. The summed E-state index contributed by atoms with van der Waals surface area (Å²) in [6.45, 7) is 0.698. The summed E-state index contributed by atoms with van der Waals surface area (Å²) in [5.74, 6) is 1.87. The molecule has 152 valence electrons. The molecule has 0 radical (unpaired) electrons. The molecule has 7 heteroatoms. The fourth-order valence-electron chi connectivity index (χ4n) is 2.90. The van der Waals surface area contributed by atoms with Crippen LogP contribution in [-0.2, 0) is 17.8 Å². The van der Waals surface area contributed by atoms with Crippen molar-refractivity contribution >= 4 is 28.1 Å². The van der Waals surface area contributed by atoms with Gasteiger partial charge in [-0.25, -0.2) is 5.43 Å². The molecule has 0 aliphatic carbocycles. The van der Waals surface area contributed by atoms with Crippen molar-refractivity contribution in [2.24, 2.45) is 5.10 Å². The van der Waals surface area contributed by atoms with Gasteiger partial charge in [0.2, 0.25) is 12.7 Å². The number of rotatable bonds is 7. The molecule has 0 spiro atoms. The van der Waals surface area contributed by atoms with Crippen LogP contribution in [-0.4, -0.2) is 18.9 Å². The predicted octanol–water partition coefficient (Wildman–Crippen LogP) is 4.45. The first-order valence-corrected chi connectivity index (χ1v) is 10.1. The first-order chi connectivity index (χ1) is 14.7. The fraction of sp³-hybridized carbons (Fsp3) is 0.130. The maximum atomic E-state index is 12.1. The smallest absolute Gasteiger partial charge is 0.244 e. The first kappa shape index (κ1) is 20.0. The van der Waals surface area contributed by atoms with Gasteiger partial charge in [0.1, 0.15) is 12.4 Å². The van der Waals surface area contributed by atoms with E-state index < -0.39 is 0 Å². The lowest BCUT2D eigenvalue weighted by atomic mass is 10.1. The lowest BCUT2D eigenvalue weighted by Crippen LogP contribution is -2.19. The predicted molar refractivity (Wildman–Crippen MR) is 117 cm³/mol. The summed E-state index contributed by atoms with van der Waals surface area (Å²) in [6.07, 6.45) is 1.78. The van der Waals surface area contributed by atoms with E-state index in [-0.39, 0.29) is 19.1 Å². The molecule has 0 saturated carbocycles. The largest absolute Gasteiger partial charge is 0.488 e. The first-order valence-electron chi connectivity index (χ1n) is 9.34. The molecule has 0 fully saturated rings.